The van der Waals surface area contributed by atoms with E-state index >= 15 is 0 Å². The molecule has 1 atom stereocenters. The average molecular weight is 270 g/mol. The molecule has 0 bridgehead atoms. The maximum Gasteiger partial charge on any atom is 0.295 e. The van der Waals surface area contributed by atoms with Gasteiger partial charge in [-0.1, -0.05) is 13.8 Å². The van der Waals surface area contributed by atoms with Crippen molar-refractivity contribution in [2.45, 2.75) is 32.8 Å². The molecule has 106 valence electrons. The number of nitro groups is 1. The average Bonchev–Trinajstić information content (AvgIpc) is 2.25. The van der Waals surface area contributed by atoms with Gasteiger partial charge in [-0.2, -0.15) is 0 Å². The maximum atomic E-state index is 13.0. The lowest BCUT2D eigenvalue weighted by molar-refractivity contribution is -0.384. The fourth-order valence-corrected chi connectivity index (χ4v) is 2.04. The number of anilines is 1. The van der Waals surface area contributed by atoms with Gasteiger partial charge < -0.3 is 10.4 Å². The second-order valence-electron chi connectivity index (χ2n) is 5.37. The van der Waals surface area contributed by atoms with Crippen LogP contribution < -0.4 is 5.32 Å². The summed E-state index contributed by atoms with van der Waals surface area (Å²) in [6, 6.07) is 3.31. The van der Waals surface area contributed by atoms with Crippen molar-refractivity contribution >= 4 is 11.4 Å². The van der Waals surface area contributed by atoms with Gasteiger partial charge in [-0.25, -0.2) is 4.39 Å². The molecule has 1 aromatic rings. The topological polar surface area (TPSA) is 75.4 Å². The van der Waals surface area contributed by atoms with Crippen LogP contribution in [0, 0.1) is 21.8 Å². The van der Waals surface area contributed by atoms with Gasteiger partial charge in [0.15, 0.2) is 0 Å². The molecule has 19 heavy (non-hydrogen) atoms. The highest BCUT2D eigenvalue weighted by molar-refractivity contribution is 5.61. The molecule has 0 saturated carbocycles. The Morgan fingerprint density at radius 1 is 1.53 bits per heavy atom. The van der Waals surface area contributed by atoms with Crippen LogP contribution in [0.5, 0.6) is 0 Å². The van der Waals surface area contributed by atoms with Crippen LogP contribution in [0.15, 0.2) is 18.2 Å². The minimum Gasteiger partial charge on any atom is -0.388 e. The Morgan fingerprint density at radius 2 is 2.16 bits per heavy atom. The number of hydrogen-bond acceptors (Lipinski definition) is 4. The third-order valence-electron chi connectivity index (χ3n) is 2.66. The van der Waals surface area contributed by atoms with Gasteiger partial charge in [0.25, 0.3) is 5.69 Å². The quantitative estimate of drug-likeness (QED) is 0.615. The number of nitrogens with zero attached hydrogens (tertiary/aromatic N) is 1. The molecule has 0 saturated heterocycles. The van der Waals surface area contributed by atoms with Gasteiger partial charge in [-0.05, 0) is 31.4 Å². The van der Waals surface area contributed by atoms with Gasteiger partial charge in [0.1, 0.15) is 11.5 Å². The van der Waals surface area contributed by atoms with Crippen LogP contribution in [0.3, 0.4) is 0 Å². The van der Waals surface area contributed by atoms with Crippen molar-refractivity contribution in [1.29, 1.82) is 0 Å². The van der Waals surface area contributed by atoms with Crippen LogP contribution in [0.2, 0.25) is 0 Å². The van der Waals surface area contributed by atoms with Crippen molar-refractivity contribution < 1.29 is 14.4 Å². The van der Waals surface area contributed by atoms with E-state index in [9.17, 15) is 19.6 Å². The molecule has 1 unspecified atom stereocenters. The number of rotatable bonds is 6. The minimum absolute atomic E-state index is 0.164. The van der Waals surface area contributed by atoms with Crippen molar-refractivity contribution in [3.63, 3.8) is 0 Å². The zero-order valence-electron chi connectivity index (χ0n) is 11.3. The normalized spacial score (nSPS) is 14.2. The summed E-state index contributed by atoms with van der Waals surface area (Å²) < 4.78 is 13.0. The molecular formula is C13H19FN2O3. The van der Waals surface area contributed by atoms with Crippen LogP contribution in [0.4, 0.5) is 15.8 Å². The molecule has 0 spiro atoms. The summed E-state index contributed by atoms with van der Waals surface area (Å²) in [5.74, 6) is -0.355. The second kappa shape index (κ2) is 5.97. The largest absolute Gasteiger partial charge is 0.388 e. The number of aliphatic hydroxyl groups is 1. The first kappa shape index (κ1) is 15.4. The summed E-state index contributed by atoms with van der Waals surface area (Å²) >= 11 is 0. The minimum atomic E-state index is -0.976. The van der Waals surface area contributed by atoms with E-state index in [2.05, 4.69) is 5.32 Å². The maximum absolute atomic E-state index is 13.0. The summed E-state index contributed by atoms with van der Waals surface area (Å²) in [6.07, 6.45) is 0.564. The third-order valence-corrected chi connectivity index (χ3v) is 2.66. The predicted molar refractivity (Wildman–Crippen MR) is 71.6 cm³/mol. The number of benzene rings is 1. The molecule has 5 nitrogen and oxygen atoms in total. The molecule has 0 aliphatic rings. The van der Waals surface area contributed by atoms with Gasteiger partial charge in [0.05, 0.1) is 16.6 Å². The third kappa shape index (κ3) is 4.82. The van der Waals surface area contributed by atoms with E-state index in [1.54, 1.807) is 6.92 Å². The Bertz CT molecular complexity index is 461. The van der Waals surface area contributed by atoms with E-state index in [0.717, 1.165) is 12.1 Å². The lowest BCUT2D eigenvalue weighted by Gasteiger charge is -2.26. The molecule has 0 amide bonds. The van der Waals surface area contributed by atoms with Gasteiger partial charge >= 0.3 is 0 Å². The van der Waals surface area contributed by atoms with Crippen LogP contribution in [-0.4, -0.2) is 22.2 Å². The van der Waals surface area contributed by atoms with Gasteiger partial charge in [0.2, 0.25) is 0 Å². The highest BCUT2D eigenvalue weighted by Crippen LogP contribution is 2.26. The predicted octanol–water partition coefficient (Wildman–Crippen LogP) is 2.94. The Morgan fingerprint density at radius 3 is 2.68 bits per heavy atom. The highest BCUT2D eigenvalue weighted by atomic mass is 19.1. The zero-order chi connectivity index (χ0) is 14.6. The highest BCUT2D eigenvalue weighted by Gasteiger charge is 2.23. The number of nitrogens with one attached hydrogen (secondary N) is 1. The van der Waals surface area contributed by atoms with Gasteiger partial charge in [0, 0.05) is 6.54 Å². The molecule has 0 aliphatic carbocycles. The monoisotopic (exact) mass is 270 g/mol. The van der Waals surface area contributed by atoms with E-state index in [1.165, 1.54) is 6.07 Å². The number of hydrogen-bond donors (Lipinski definition) is 2. The molecule has 0 radical (unpaired) electrons. The molecule has 2 N–H and O–H groups in total. The van der Waals surface area contributed by atoms with Gasteiger partial charge in [-0.3, -0.25) is 10.1 Å². The fraction of sp³-hybridized carbons (Fsp3) is 0.538. The number of halogens is 1. The Labute approximate surface area is 111 Å². The fourth-order valence-electron chi connectivity index (χ4n) is 2.04. The summed E-state index contributed by atoms with van der Waals surface area (Å²) in [5.41, 5.74) is -1.10. The summed E-state index contributed by atoms with van der Waals surface area (Å²) in [7, 11) is 0. The van der Waals surface area contributed by atoms with E-state index in [4.69, 9.17) is 0 Å². The molecule has 1 aromatic carbocycles. The smallest absolute Gasteiger partial charge is 0.295 e. The van der Waals surface area contributed by atoms with Crippen LogP contribution >= 0.6 is 0 Å². The summed E-state index contributed by atoms with van der Waals surface area (Å²) in [5, 5.41) is 23.7. The van der Waals surface area contributed by atoms with Crippen LogP contribution in [0.1, 0.15) is 27.2 Å². The molecule has 0 fully saturated rings. The Kier molecular flexibility index (Phi) is 4.83. The molecule has 0 aromatic heterocycles. The van der Waals surface area contributed by atoms with E-state index < -0.39 is 16.3 Å². The first-order valence-corrected chi connectivity index (χ1v) is 6.11. The van der Waals surface area contributed by atoms with Crippen molar-refractivity contribution in [3.05, 3.63) is 34.1 Å². The van der Waals surface area contributed by atoms with Crippen LogP contribution in [-0.2, 0) is 0 Å². The number of nitro benzene ring substituents is 1. The zero-order valence-corrected chi connectivity index (χ0v) is 11.3. The molecule has 6 heteroatoms. The second-order valence-corrected chi connectivity index (χ2v) is 5.37. The van der Waals surface area contributed by atoms with E-state index in [1.807, 2.05) is 13.8 Å². The Hall–Kier alpha value is -1.69. The van der Waals surface area contributed by atoms with Crippen molar-refractivity contribution in [1.82, 2.24) is 0 Å². The van der Waals surface area contributed by atoms with Crippen molar-refractivity contribution in [3.8, 4) is 0 Å². The molecule has 1 rings (SSSR count). The first-order chi connectivity index (χ1) is 8.71. The lowest BCUT2D eigenvalue weighted by Crippen LogP contribution is -2.35. The molecule has 0 heterocycles. The summed E-state index contributed by atoms with van der Waals surface area (Å²) in [4.78, 5) is 10.2. The Balaban J connectivity index is 2.80. The van der Waals surface area contributed by atoms with Gasteiger partial charge in [-0.15, -0.1) is 0 Å². The van der Waals surface area contributed by atoms with E-state index in [-0.39, 0.29) is 17.9 Å². The molecular weight excluding hydrogens is 251 g/mol. The van der Waals surface area contributed by atoms with Crippen molar-refractivity contribution in [2.24, 2.45) is 5.92 Å². The van der Waals surface area contributed by atoms with Crippen molar-refractivity contribution in [2.75, 3.05) is 11.9 Å². The standard InChI is InChI=1S/C13H19FN2O3/c1-9(2)7-13(3,17)8-15-11-5-4-10(14)6-12(11)16(18)19/h4-6,9,15,17H,7-8H2,1-3H3. The van der Waals surface area contributed by atoms with E-state index in [0.29, 0.717) is 12.3 Å². The summed E-state index contributed by atoms with van der Waals surface area (Å²) in [6.45, 7) is 5.79. The lowest BCUT2D eigenvalue weighted by atomic mass is 9.94. The SMILES string of the molecule is CC(C)CC(C)(O)CNc1ccc(F)cc1[N+](=O)[O-]. The van der Waals surface area contributed by atoms with Crippen LogP contribution in [0.25, 0.3) is 0 Å². The first-order valence-electron chi connectivity index (χ1n) is 6.11. The molecule has 0 aliphatic heterocycles.